The van der Waals surface area contributed by atoms with E-state index in [9.17, 15) is 9.59 Å². The summed E-state index contributed by atoms with van der Waals surface area (Å²) in [5, 5.41) is 4.05. The van der Waals surface area contributed by atoms with Crippen molar-refractivity contribution in [1.29, 1.82) is 0 Å². The van der Waals surface area contributed by atoms with Gasteiger partial charge in [0.25, 0.3) is 5.91 Å². The van der Waals surface area contributed by atoms with Crippen molar-refractivity contribution in [2.45, 2.75) is 32.1 Å². The summed E-state index contributed by atoms with van der Waals surface area (Å²) in [7, 11) is 1.61. The van der Waals surface area contributed by atoms with Gasteiger partial charge in [-0.05, 0) is 42.8 Å². The van der Waals surface area contributed by atoms with Crippen LogP contribution >= 0.6 is 15.9 Å². The van der Waals surface area contributed by atoms with Crippen molar-refractivity contribution in [3.05, 3.63) is 100 Å². The van der Waals surface area contributed by atoms with E-state index in [0.29, 0.717) is 31.1 Å². The number of ether oxygens (including phenoxy) is 1. The Morgan fingerprint density at radius 3 is 2.63 bits per heavy atom. The Labute approximate surface area is 212 Å². The highest BCUT2D eigenvalue weighted by Crippen LogP contribution is 2.34. The third kappa shape index (κ3) is 4.21. The predicted octanol–water partition coefficient (Wildman–Crippen LogP) is 5.14. The molecule has 3 aromatic carbocycles. The number of rotatable bonds is 6. The number of fused-ring (bicyclic) bond motifs is 3. The summed E-state index contributed by atoms with van der Waals surface area (Å²) in [5.41, 5.74) is 2.26. The first-order valence-electron chi connectivity index (χ1n) is 11.5. The average molecular weight is 532 g/mol. The van der Waals surface area contributed by atoms with Gasteiger partial charge in [0, 0.05) is 34.0 Å². The van der Waals surface area contributed by atoms with E-state index >= 15 is 0 Å². The van der Waals surface area contributed by atoms with Crippen LogP contribution in [-0.4, -0.2) is 33.9 Å². The molecule has 0 fully saturated rings. The minimum absolute atomic E-state index is 0.164. The molecule has 7 heteroatoms. The lowest BCUT2D eigenvalue weighted by molar-refractivity contribution is -0.133. The summed E-state index contributed by atoms with van der Waals surface area (Å²) in [6, 6.07) is 25.2. The minimum Gasteiger partial charge on any atom is -0.496 e. The van der Waals surface area contributed by atoms with Gasteiger partial charge in [-0.2, -0.15) is 0 Å². The van der Waals surface area contributed by atoms with E-state index in [1.165, 1.54) is 0 Å². The van der Waals surface area contributed by atoms with Crippen LogP contribution < -0.4 is 10.1 Å². The smallest absolute Gasteiger partial charge is 0.271 e. The standard InChI is InChI=1S/C28H26BrN3O3/c1-28(27(34)30-16-21-10-4-6-13-25(21)35-2)18-31-23-12-5-3-9-20(23)15-24(31)26(33)32(28)17-19-8-7-11-22(29)14-19/h3-15H,16-18H2,1-2H3,(H,30,34). The Balaban J connectivity index is 1.53. The van der Waals surface area contributed by atoms with Crippen LogP contribution in [0.25, 0.3) is 10.9 Å². The Morgan fingerprint density at radius 2 is 1.83 bits per heavy atom. The third-order valence-electron chi connectivity index (χ3n) is 6.69. The maximum atomic E-state index is 13.9. The molecule has 1 unspecified atom stereocenters. The number of carbonyl (C=O) groups is 2. The first-order chi connectivity index (χ1) is 16.9. The molecule has 2 heterocycles. The van der Waals surface area contributed by atoms with E-state index in [1.807, 2.05) is 90.4 Å². The lowest BCUT2D eigenvalue weighted by Crippen LogP contribution is -2.63. The number of carbonyl (C=O) groups excluding carboxylic acids is 2. The minimum atomic E-state index is -1.10. The van der Waals surface area contributed by atoms with Crippen molar-refractivity contribution in [3.63, 3.8) is 0 Å². The fourth-order valence-electron chi connectivity index (χ4n) is 4.79. The van der Waals surface area contributed by atoms with Crippen molar-refractivity contribution >= 4 is 38.6 Å². The van der Waals surface area contributed by atoms with Gasteiger partial charge in [-0.1, -0.05) is 64.5 Å². The van der Waals surface area contributed by atoms with Crippen LogP contribution in [0.3, 0.4) is 0 Å². The molecule has 0 aliphatic carbocycles. The van der Waals surface area contributed by atoms with Crippen molar-refractivity contribution in [1.82, 2.24) is 14.8 Å². The molecule has 1 N–H and O–H groups in total. The number of halogens is 1. The Kier molecular flexibility index (Phi) is 6.11. The molecular weight excluding hydrogens is 506 g/mol. The molecule has 0 saturated carbocycles. The summed E-state index contributed by atoms with van der Waals surface area (Å²) >= 11 is 3.51. The van der Waals surface area contributed by atoms with Gasteiger partial charge in [0.15, 0.2) is 0 Å². The van der Waals surface area contributed by atoms with E-state index in [4.69, 9.17) is 4.74 Å². The van der Waals surface area contributed by atoms with Gasteiger partial charge >= 0.3 is 0 Å². The molecule has 5 rings (SSSR count). The van der Waals surface area contributed by atoms with Gasteiger partial charge in [0.2, 0.25) is 5.91 Å². The number of hydrogen-bond donors (Lipinski definition) is 1. The van der Waals surface area contributed by atoms with Gasteiger partial charge in [-0.25, -0.2) is 0 Å². The van der Waals surface area contributed by atoms with Crippen molar-refractivity contribution in [2.75, 3.05) is 7.11 Å². The molecule has 35 heavy (non-hydrogen) atoms. The maximum absolute atomic E-state index is 13.9. The highest BCUT2D eigenvalue weighted by Gasteiger charge is 2.47. The lowest BCUT2D eigenvalue weighted by Gasteiger charge is -2.44. The Bertz CT molecular complexity index is 1430. The highest BCUT2D eigenvalue weighted by molar-refractivity contribution is 9.10. The van der Waals surface area contributed by atoms with Crippen LogP contribution in [0.4, 0.5) is 0 Å². The number of nitrogens with one attached hydrogen (secondary N) is 1. The average Bonchev–Trinajstić information content (AvgIpc) is 3.23. The summed E-state index contributed by atoms with van der Waals surface area (Å²) in [6.45, 7) is 2.82. The van der Waals surface area contributed by atoms with Crippen LogP contribution in [-0.2, 0) is 24.4 Å². The quantitative estimate of drug-likeness (QED) is 0.374. The van der Waals surface area contributed by atoms with E-state index in [0.717, 1.165) is 26.5 Å². The molecule has 4 aromatic rings. The summed E-state index contributed by atoms with van der Waals surface area (Å²) in [5.74, 6) is 0.333. The van der Waals surface area contributed by atoms with E-state index < -0.39 is 5.54 Å². The normalized spacial score (nSPS) is 17.3. The second-order valence-corrected chi connectivity index (χ2v) is 9.88. The second kappa shape index (κ2) is 9.23. The Morgan fingerprint density at radius 1 is 1.06 bits per heavy atom. The van der Waals surface area contributed by atoms with Crippen LogP contribution in [0.2, 0.25) is 0 Å². The van der Waals surface area contributed by atoms with E-state index in [1.54, 1.807) is 12.0 Å². The summed E-state index contributed by atoms with van der Waals surface area (Å²) in [4.78, 5) is 29.4. The zero-order valence-corrected chi connectivity index (χ0v) is 21.2. The van der Waals surface area contributed by atoms with Crippen molar-refractivity contribution < 1.29 is 14.3 Å². The number of methoxy groups -OCH3 is 1. The summed E-state index contributed by atoms with van der Waals surface area (Å²) in [6.07, 6.45) is 0. The first kappa shape index (κ1) is 23.2. The zero-order valence-electron chi connectivity index (χ0n) is 19.6. The van der Waals surface area contributed by atoms with Crippen LogP contribution in [0.1, 0.15) is 28.5 Å². The maximum Gasteiger partial charge on any atom is 0.271 e. The van der Waals surface area contributed by atoms with Gasteiger partial charge < -0.3 is 19.5 Å². The molecule has 6 nitrogen and oxygen atoms in total. The third-order valence-corrected chi connectivity index (χ3v) is 7.18. The fourth-order valence-corrected chi connectivity index (χ4v) is 5.23. The van der Waals surface area contributed by atoms with Gasteiger partial charge in [0.05, 0.1) is 13.7 Å². The molecule has 2 amide bonds. The predicted molar refractivity (Wildman–Crippen MR) is 139 cm³/mol. The number of para-hydroxylation sites is 2. The van der Waals surface area contributed by atoms with Crippen LogP contribution in [0.5, 0.6) is 5.75 Å². The molecule has 1 aliphatic rings. The van der Waals surface area contributed by atoms with Gasteiger partial charge in [0.1, 0.15) is 17.0 Å². The van der Waals surface area contributed by atoms with Crippen molar-refractivity contribution in [3.8, 4) is 5.75 Å². The van der Waals surface area contributed by atoms with Crippen molar-refractivity contribution in [2.24, 2.45) is 0 Å². The van der Waals surface area contributed by atoms with E-state index in [-0.39, 0.29) is 11.8 Å². The summed E-state index contributed by atoms with van der Waals surface area (Å²) < 4.78 is 8.33. The molecule has 0 spiro atoms. The zero-order chi connectivity index (χ0) is 24.6. The van der Waals surface area contributed by atoms with Crippen LogP contribution in [0, 0.1) is 0 Å². The van der Waals surface area contributed by atoms with Crippen LogP contribution in [0.15, 0.2) is 83.3 Å². The number of benzene rings is 3. The topological polar surface area (TPSA) is 63.6 Å². The Hall–Kier alpha value is -3.58. The number of hydrogen-bond acceptors (Lipinski definition) is 3. The molecule has 178 valence electrons. The number of nitrogens with zero attached hydrogens (tertiary/aromatic N) is 2. The molecule has 0 radical (unpaired) electrons. The monoisotopic (exact) mass is 531 g/mol. The molecule has 1 atom stereocenters. The molecule has 0 bridgehead atoms. The number of amides is 2. The molecule has 1 aromatic heterocycles. The molecular formula is C28H26BrN3O3. The molecule has 0 saturated heterocycles. The largest absolute Gasteiger partial charge is 0.496 e. The fraction of sp³-hybridized carbons (Fsp3) is 0.214. The first-order valence-corrected chi connectivity index (χ1v) is 12.2. The second-order valence-electron chi connectivity index (χ2n) is 8.96. The SMILES string of the molecule is COc1ccccc1CNC(=O)C1(C)Cn2c(cc3ccccc32)C(=O)N1Cc1cccc(Br)c1. The van der Waals surface area contributed by atoms with Gasteiger partial charge in [-0.3, -0.25) is 9.59 Å². The number of aromatic nitrogens is 1. The van der Waals surface area contributed by atoms with E-state index in [2.05, 4.69) is 21.2 Å². The lowest BCUT2D eigenvalue weighted by atomic mass is 9.93. The van der Waals surface area contributed by atoms with Gasteiger partial charge in [-0.15, -0.1) is 0 Å². The highest BCUT2D eigenvalue weighted by atomic mass is 79.9. The molecule has 1 aliphatic heterocycles.